The van der Waals surface area contributed by atoms with Crippen molar-refractivity contribution in [3.8, 4) is 0 Å². The van der Waals surface area contributed by atoms with Crippen molar-refractivity contribution in [2.45, 2.75) is 26.3 Å². The second-order valence-electron chi connectivity index (χ2n) is 7.07. The molecule has 4 rings (SSSR count). The maximum absolute atomic E-state index is 12.8. The monoisotopic (exact) mass is 404 g/mol. The first-order valence-corrected chi connectivity index (χ1v) is 10.2. The molecule has 0 aliphatic heterocycles. The molecule has 29 heavy (non-hydrogen) atoms. The number of aromatic nitrogens is 1. The molecule has 2 aromatic carbocycles. The number of hydrogen-bond donors (Lipinski definition) is 0. The van der Waals surface area contributed by atoms with E-state index in [2.05, 4.69) is 37.6 Å². The summed E-state index contributed by atoms with van der Waals surface area (Å²) in [5, 5.41) is 0.683. The summed E-state index contributed by atoms with van der Waals surface area (Å²) in [5.41, 5.74) is 1.89. The van der Waals surface area contributed by atoms with Gasteiger partial charge in [0.05, 0.1) is 10.2 Å². The van der Waals surface area contributed by atoms with Crippen LogP contribution in [0.1, 0.15) is 35.7 Å². The van der Waals surface area contributed by atoms with Crippen molar-refractivity contribution < 1.29 is 9.21 Å². The number of thiazole rings is 1. The van der Waals surface area contributed by atoms with E-state index in [0.29, 0.717) is 28.2 Å². The minimum absolute atomic E-state index is 0.0748. The van der Waals surface area contributed by atoms with E-state index in [0.717, 1.165) is 10.2 Å². The molecule has 0 aliphatic rings. The minimum Gasteiger partial charge on any atom is -0.422 e. The first-order chi connectivity index (χ1) is 14.0. The zero-order valence-electron chi connectivity index (χ0n) is 16.2. The number of fused-ring (bicyclic) bond motifs is 2. The van der Waals surface area contributed by atoms with Gasteiger partial charge in [-0.15, -0.1) is 6.58 Å². The highest BCUT2D eigenvalue weighted by molar-refractivity contribution is 7.16. The van der Waals surface area contributed by atoms with Gasteiger partial charge in [-0.1, -0.05) is 55.5 Å². The van der Waals surface area contributed by atoms with Crippen LogP contribution >= 0.6 is 11.3 Å². The molecular weight excluding hydrogens is 384 g/mol. The van der Waals surface area contributed by atoms with E-state index in [1.165, 1.54) is 23.0 Å². The standard InChI is InChI=1S/C23H20N2O3S/c1-4-11-25-18-10-9-15(14(2)3)13-20(18)29-23(25)24-21(26)17-12-16-7-5-6-8-19(16)28-22(17)27/h4-10,12-14H,1,11H2,2-3H3. The summed E-state index contributed by atoms with van der Waals surface area (Å²) >= 11 is 1.42. The predicted molar refractivity (Wildman–Crippen MR) is 116 cm³/mol. The molecule has 0 bridgehead atoms. The average molecular weight is 404 g/mol. The zero-order chi connectivity index (χ0) is 20.5. The van der Waals surface area contributed by atoms with Crippen molar-refractivity contribution in [1.29, 1.82) is 0 Å². The van der Waals surface area contributed by atoms with Crippen molar-refractivity contribution in [3.05, 3.63) is 87.5 Å². The number of amides is 1. The molecule has 0 unspecified atom stereocenters. The molecule has 2 heterocycles. The molecule has 6 heteroatoms. The Labute approximate surface area is 171 Å². The van der Waals surface area contributed by atoms with Gasteiger partial charge in [0.25, 0.3) is 5.91 Å². The Morgan fingerprint density at radius 3 is 2.79 bits per heavy atom. The summed E-state index contributed by atoms with van der Waals surface area (Å²) in [6, 6.07) is 14.9. The van der Waals surface area contributed by atoms with Gasteiger partial charge in [-0.25, -0.2) is 4.79 Å². The number of rotatable bonds is 4. The molecular formula is C23H20N2O3S. The van der Waals surface area contributed by atoms with E-state index in [-0.39, 0.29) is 5.56 Å². The molecule has 0 N–H and O–H groups in total. The Morgan fingerprint density at radius 1 is 1.24 bits per heavy atom. The largest absolute Gasteiger partial charge is 0.422 e. The molecule has 0 aliphatic carbocycles. The third kappa shape index (κ3) is 3.59. The highest BCUT2D eigenvalue weighted by atomic mass is 32.1. The molecule has 2 aromatic heterocycles. The average Bonchev–Trinajstić information content (AvgIpc) is 3.04. The molecule has 0 saturated carbocycles. The van der Waals surface area contributed by atoms with Crippen LogP contribution in [-0.2, 0) is 6.54 Å². The van der Waals surface area contributed by atoms with Gasteiger partial charge >= 0.3 is 5.63 Å². The van der Waals surface area contributed by atoms with Gasteiger partial charge in [-0.05, 0) is 35.7 Å². The lowest BCUT2D eigenvalue weighted by atomic mass is 10.0. The van der Waals surface area contributed by atoms with E-state index < -0.39 is 11.5 Å². The van der Waals surface area contributed by atoms with Gasteiger partial charge in [-0.3, -0.25) is 4.79 Å². The second-order valence-corrected chi connectivity index (χ2v) is 8.08. The highest BCUT2D eigenvalue weighted by Gasteiger charge is 2.15. The lowest BCUT2D eigenvalue weighted by Crippen LogP contribution is -2.19. The van der Waals surface area contributed by atoms with Crippen LogP contribution in [0, 0.1) is 0 Å². The number of para-hydroxylation sites is 1. The summed E-state index contributed by atoms with van der Waals surface area (Å²) in [6.45, 7) is 8.60. The van der Waals surface area contributed by atoms with E-state index in [4.69, 9.17) is 4.42 Å². The molecule has 146 valence electrons. The summed E-state index contributed by atoms with van der Waals surface area (Å²) in [7, 11) is 0. The van der Waals surface area contributed by atoms with Crippen molar-refractivity contribution >= 4 is 38.4 Å². The van der Waals surface area contributed by atoms with Crippen LogP contribution in [0.25, 0.3) is 21.2 Å². The fourth-order valence-corrected chi connectivity index (χ4v) is 4.28. The highest BCUT2D eigenvalue weighted by Crippen LogP contribution is 2.23. The van der Waals surface area contributed by atoms with E-state index in [1.807, 2.05) is 16.7 Å². The van der Waals surface area contributed by atoms with Crippen LogP contribution in [0.4, 0.5) is 0 Å². The second kappa shape index (κ2) is 7.64. The van der Waals surface area contributed by atoms with Gasteiger partial charge in [0.2, 0.25) is 0 Å². The number of carbonyl (C=O) groups excluding carboxylic acids is 1. The molecule has 1 amide bonds. The summed E-state index contributed by atoms with van der Waals surface area (Å²) in [4.78, 5) is 29.9. The maximum atomic E-state index is 12.8. The summed E-state index contributed by atoms with van der Waals surface area (Å²) in [6.07, 6.45) is 1.76. The summed E-state index contributed by atoms with van der Waals surface area (Å²) in [5.74, 6) is -0.212. The van der Waals surface area contributed by atoms with Crippen molar-refractivity contribution in [3.63, 3.8) is 0 Å². The zero-order valence-corrected chi connectivity index (χ0v) is 17.0. The first-order valence-electron chi connectivity index (χ1n) is 9.34. The number of nitrogens with zero attached hydrogens (tertiary/aromatic N) is 2. The van der Waals surface area contributed by atoms with Gasteiger partial charge in [0, 0.05) is 11.9 Å². The summed E-state index contributed by atoms with van der Waals surface area (Å²) < 4.78 is 8.24. The predicted octanol–water partition coefficient (Wildman–Crippen LogP) is 4.86. The normalized spacial score (nSPS) is 12.2. The lowest BCUT2D eigenvalue weighted by molar-refractivity contribution is 0.0994. The topological polar surface area (TPSA) is 64.6 Å². The third-order valence-electron chi connectivity index (χ3n) is 4.75. The van der Waals surface area contributed by atoms with E-state index >= 15 is 0 Å². The third-order valence-corrected chi connectivity index (χ3v) is 5.80. The van der Waals surface area contributed by atoms with E-state index in [1.54, 1.807) is 24.3 Å². The number of benzene rings is 2. The van der Waals surface area contributed by atoms with Crippen LogP contribution < -0.4 is 10.4 Å². The minimum atomic E-state index is -0.684. The molecule has 0 atom stereocenters. The Morgan fingerprint density at radius 2 is 2.03 bits per heavy atom. The van der Waals surface area contributed by atoms with Crippen LogP contribution in [0.15, 0.2) is 75.4 Å². The van der Waals surface area contributed by atoms with Gasteiger partial charge in [0.15, 0.2) is 4.80 Å². The molecule has 0 spiro atoms. The lowest BCUT2D eigenvalue weighted by Gasteiger charge is -2.05. The molecule has 0 radical (unpaired) electrons. The Kier molecular flexibility index (Phi) is 5.03. The van der Waals surface area contributed by atoms with Crippen LogP contribution in [0.5, 0.6) is 0 Å². The van der Waals surface area contributed by atoms with Crippen LogP contribution in [0.2, 0.25) is 0 Å². The number of carbonyl (C=O) groups is 1. The Hall–Kier alpha value is -3.25. The Bertz CT molecular complexity index is 1370. The van der Waals surface area contributed by atoms with Gasteiger partial charge < -0.3 is 8.98 Å². The number of hydrogen-bond acceptors (Lipinski definition) is 4. The first kappa shape index (κ1) is 19.1. The van der Waals surface area contributed by atoms with Crippen LogP contribution in [-0.4, -0.2) is 10.5 Å². The van der Waals surface area contributed by atoms with Gasteiger partial charge in [-0.2, -0.15) is 4.99 Å². The number of allylic oxidation sites excluding steroid dienone is 1. The molecule has 5 nitrogen and oxygen atoms in total. The SMILES string of the molecule is C=CCn1c(=NC(=O)c2cc3ccccc3oc2=O)sc2cc(C(C)C)ccc21. The molecule has 4 aromatic rings. The van der Waals surface area contributed by atoms with E-state index in [9.17, 15) is 9.59 Å². The smallest absolute Gasteiger partial charge is 0.349 e. The van der Waals surface area contributed by atoms with Crippen molar-refractivity contribution in [1.82, 2.24) is 4.57 Å². The van der Waals surface area contributed by atoms with Crippen molar-refractivity contribution in [2.75, 3.05) is 0 Å². The Balaban J connectivity index is 1.88. The molecule has 0 fully saturated rings. The van der Waals surface area contributed by atoms with Crippen LogP contribution in [0.3, 0.4) is 0 Å². The quantitative estimate of drug-likeness (QED) is 0.360. The fourth-order valence-electron chi connectivity index (χ4n) is 3.20. The van der Waals surface area contributed by atoms with Crippen molar-refractivity contribution in [2.24, 2.45) is 4.99 Å². The fraction of sp³-hybridized carbons (Fsp3) is 0.174. The van der Waals surface area contributed by atoms with Gasteiger partial charge in [0.1, 0.15) is 11.1 Å². The maximum Gasteiger partial charge on any atom is 0.349 e. The molecule has 0 saturated heterocycles.